The lowest BCUT2D eigenvalue weighted by molar-refractivity contribution is 0.0594. The van der Waals surface area contributed by atoms with Crippen molar-refractivity contribution in [2.45, 2.75) is 51.6 Å². The molecule has 4 heteroatoms. The van der Waals surface area contributed by atoms with Crippen LogP contribution in [-0.4, -0.2) is 47.9 Å². The second kappa shape index (κ2) is 8.13. The maximum absolute atomic E-state index is 12.8. The van der Waals surface area contributed by atoms with E-state index in [1.807, 2.05) is 24.3 Å². The summed E-state index contributed by atoms with van der Waals surface area (Å²) in [5, 5.41) is 0. The van der Waals surface area contributed by atoms with Gasteiger partial charge in [0.05, 0.1) is 0 Å². The summed E-state index contributed by atoms with van der Waals surface area (Å²) in [4.78, 5) is 17.5. The Morgan fingerprint density at radius 1 is 1.12 bits per heavy atom. The monoisotopic (exact) mass is 329 g/mol. The van der Waals surface area contributed by atoms with Crippen LogP contribution in [0, 0.1) is 5.92 Å². The zero-order chi connectivity index (χ0) is 16.9. The minimum atomic E-state index is 0.176. The summed E-state index contributed by atoms with van der Waals surface area (Å²) in [5.74, 6) is 0.793. The van der Waals surface area contributed by atoms with E-state index in [9.17, 15) is 4.79 Å². The van der Waals surface area contributed by atoms with Crippen molar-refractivity contribution in [3.63, 3.8) is 0 Å². The Morgan fingerprint density at radius 2 is 1.92 bits per heavy atom. The summed E-state index contributed by atoms with van der Waals surface area (Å²) < 4.78 is 0. The molecule has 4 nitrogen and oxygen atoms in total. The Morgan fingerprint density at radius 3 is 2.62 bits per heavy atom. The van der Waals surface area contributed by atoms with Gasteiger partial charge in [-0.3, -0.25) is 4.79 Å². The Hall–Kier alpha value is -1.39. The van der Waals surface area contributed by atoms with Crippen LogP contribution in [-0.2, 0) is 6.54 Å². The zero-order valence-electron chi connectivity index (χ0n) is 14.9. The van der Waals surface area contributed by atoms with Crippen LogP contribution in [0.25, 0.3) is 0 Å². The minimum absolute atomic E-state index is 0.176. The topological polar surface area (TPSA) is 49.6 Å². The van der Waals surface area contributed by atoms with Crippen LogP contribution in [0.1, 0.15) is 54.9 Å². The molecule has 1 aromatic rings. The van der Waals surface area contributed by atoms with Crippen LogP contribution in [0.5, 0.6) is 0 Å². The van der Waals surface area contributed by atoms with Gasteiger partial charge >= 0.3 is 0 Å². The number of likely N-dealkylation sites (tertiary alicyclic amines) is 2. The number of nitrogens with two attached hydrogens (primary N) is 1. The molecule has 3 rings (SSSR count). The predicted molar refractivity (Wildman–Crippen MR) is 97.8 cm³/mol. The molecule has 0 bridgehead atoms. The third kappa shape index (κ3) is 4.17. The second-order valence-electron chi connectivity index (χ2n) is 7.50. The predicted octanol–water partition coefficient (Wildman–Crippen LogP) is 2.87. The molecule has 132 valence electrons. The van der Waals surface area contributed by atoms with Crippen molar-refractivity contribution in [3.05, 3.63) is 35.4 Å². The summed E-state index contributed by atoms with van der Waals surface area (Å²) in [7, 11) is 0. The first-order valence-corrected chi connectivity index (χ1v) is 9.49. The van der Waals surface area contributed by atoms with Crippen molar-refractivity contribution in [1.29, 1.82) is 0 Å². The fourth-order valence-corrected chi connectivity index (χ4v) is 4.13. The number of benzene rings is 1. The van der Waals surface area contributed by atoms with E-state index in [-0.39, 0.29) is 5.91 Å². The average Bonchev–Trinajstić information content (AvgIpc) is 2.63. The number of hydrogen-bond donors (Lipinski definition) is 1. The summed E-state index contributed by atoms with van der Waals surface area (Å²) >= 11 is 0. The third-order valence-corrected chi connectivity index (χ3v) is 5.68. The van der Waals surface area contributed by atoms with E-state index < -0.39 is 0 Å². The Kier molecular flexibility index (Phi) is 5.90. The largest absolute Gasteiger partial charge is 0.338 e. The fourth-order valence-electron chi connectivity index (χ4n) is 4.13. The normalized spacial score (nSPS) is 25.7. The van der Waals surface area contributed by atoms with Crippen molar-refractivity contribution < 1.29 is 4.79 Å². The van der Waals surface area contributed by atoms with E-state index in [1.54, 1.807) is 0 Å². The highest BCUT2D eigenvalue weighted by molar-refractivity contribution is 5.94. The van der Waals surface area contributed by atoms with Gasteiger partial charge in [-0.25, -0.2) is 0 Å². The summed E-state index contributed by atoms with van der Waals surface area (Å²) in [5.41, 5.74) is 7.50. The van der Waals surface area contributed by atoms with E-state index in [0.29, 0.717) is 18.5 Å². The average molecular weight is 329 g/mol. The first-order valence-electron chi connectivity index (χ1n) is 9.49. The molecular formula is C20H31N3O. The molecule has 0 radical (unpaired) electrons. The van der Waals surface area contributed by atoms with Crippen molar-refractivity contribution >= 4 is 5.91 Å². The highest BCUT2D eigenvalue weighted by Gasteiger charge is 2.28. The van der Waals surface area contributed by atoms with Crippen molar-refractivity contribution in [2.24, 2.45) is 11.7 Å². The first-order chi connectivity index (χ1) is 11.7. The smallest absolute Gasteiger partial charge is 0.253 e. The lowest BCUT2D eigenvalue weighted by Gasteiger charge is -2.39. The molecule has 2 aliphatic heterocycles. The number of carbonyl (C=O) groups is 1. The molecular weight excluding hydrogens is 298 g/mol. The molecule has 0 spiro atoms. The number of rotatable bonds is 4. The lowest BCUT2D eigenvalue weighted by Crippen LogP contribution is -2.46. The van der Waals surface area contributed by atoms with Crippen LogP contribution in [0.2, 0.25) is 0 Å². The van der Waals surface area contributed by atoms with E-state index in [2.05, 4.69) is 16.7 Å². The number of hydrogen-bond acceptors (Lipinski definition) is 3. The summed E-state index contributed by atoms with van der Waals surface area (Å²) in [6.45, 7) is 7.05. The van der Waals surface area contributed by atoms with Crippen molar-refractivity contribution in [2.75, 3.05) is 26.2 Å². The molecule has 0 aromatic heterocycles. The second-order valence-corrected chi connectivity index (χ2v) is 7.50. The van der Waals surface area contributed by atoms with Gasteiger partial charge in [-0.05, 0) is 62.8 Å². The Bertz CT molecular complexity index is 542. The number of amides is 1. The maximum atomic E-state index is 12.8. The van der Waals surface area contributed by atoms with Gasteiger partial charge in [0.15, 0.2) is 0 Å². The molecule has 24 heavy (non-hydrogen) atoms. The Labute approximate surface area is 146 Å². The summed E-state index contributed by atoms with van der Waals surface area (Å²) in [6.07, 6.45) is 6.39. The molecule has 1 amide bonds. The van der Waals surface area contributed by atoms with Crippen LogP contribution >= 0.6 is 0 Å². The van der Waals surface area contributed by atoms with Gasteiger partial charge in [0.2, 0.25) is 0 Å². The van der Waals surface area contributed by atoms with Gasteiger partial charge in [0, 0.05) is 37.8 Å². The maximum Gasteiger partial charge on any atom is 0.253 e. The van der Waals surface area contributed by atoms with Gasteiger partial charge in [0.25, 0.3) is 5.91 Å². The molecule has 0 saturated carbocycles. The van der Waals surface area contributed by atoms with Gasteiger partial charge in [0.1, 0.15) is 0 Å². The molecule has 2 fully saturated rings. The molecule has 1 aromatic carbocycles. The van der Waals surface area contributed by atoms with Crippen LogP contribution in [0.15, 0.2) is 24.3 Å². The Balaban J connectivity index is 1.58. The summed E-state index contributed by atoms with van der Waals surface area (Å²) in [6, 6.07) is 8.46. The minimum Gasteiger partial charge on any atom is -0.338 e. The van der Waals surface area contributed by atoms with E-state index >= 15 is 0 Å². The SMILES string of the molecule is CC1CCCCN1CC1CCCN(C(=O)c2ccc(CN)cc2)C1. The number of nitrogens with zero attached hydrogens (tertiary/aromatic N) is 2. The molecule has 0 aliphatic carbocycles. The molecule has 2 heterocycles. The molecule has 2 unspecified atom stereocenters. The lowest BCUT2D eigenvalue weighted by atomic mass is 9.94. The van der Waals surface area contributed by atoms with Crippen LogP contribution in [0.4, 0.5) is 0 Å². The van der Waals surface area contributed by atoms with Crippen LogP contribution in [0.3, 0.4) is 0 Å². The van der Waals surface area contributed by atoms with E-state index in [0.717, 1.165) is 37.2 Å². The van der Waals surface area contributed by atoms with Gasteiger partial charge in [-0.15, -0.1) is 0 Å². The van der Waals surface area contributed by atoms with Gasteiger partial charge in [-0.2, -0.15) is 0 Å². The van der Waals surface area contributed by atoms with Gasteiger partial charge in [-0.1, -0.05) is 18.6 Å². The molecule has 2 aliphatic rings. The quantitative estimate of drug-likeness (QED) is 0.924. The van der Waals surface area contributed by atoms with E-state index in [4.69, 9.17) is 5.73 Å². The highest BCUT2D eigenvalue weighted by atomic mass is 16.2. The zero-order valence-corrected chi connectivity index (χ0v) is 14.9. The molecule has 2 N–H and O–H groups in total. The van der Waals surface area contributed by atoms with Crippen LogP contribution < -0.4 is 5.73 Å². The molecule has 2 atom stereocenters. The standard InChI is InChI=1S/C20H31N3O/c1-16-5-2-3-11-22(16)14-18-6-4-12-23(15-18)20(24)19-9-7-17(13-21)8-10-19/h7-10,16,18H,2-6,11-15,21H2,1H3. The molecule has 2 saturated heterocycles. The van der Waals surface area contributed by atoms with Gasteiger partial charge < -0.3 is 15.5 Å². The fraction of sp³-hybridized carbons (Fsp3) is 0.650. The first kappa shape index (κ1) is 17.4. The van der Waals surface area contributed by atoms with Crippen molar-refractivity contribution in [3.8, 4) is 0 Å². The number of piperidine rings is 2. The van der Waals surface area contributed by atoms with Crippen molar-refractivity contribution in [1.82, 2.24) is 9.80 Å². The third-order valence-electron chi connectivity index (χ3n) is 5.68. The number of carbonyl (C=O) groups excluding carboxylic acids is 1. The highest BCUT2D eigenvalue weighted by Crippen LogP contribution is 2.23. The van der Waals surface area contributed by atoms with E-state index in [1.165, 1.54) is 32.2 Å².